The van der Waals surface area contributed by atoms with Crippen molar-refractivity contribution in [3.63, 3.8) is 0 Å². The summed E-state index contributed by atoms with van der Waals surface area (Å²) in [7, 11) is 0. The van der Waals surface area contributed by atoms with Crippen molar-refractivity contribution in [3.8, 4) is 16.8 Å². The van der Waals surface area contributed by atoms with Gasteiger partial charge in [-0.3, -0.25) is 0 Å². The van der Waals surface area contributed by atoms with Gasteiger partial charge in [0.2, 0.25) is 0 Å². The standard InChI is InChI=1S/C48H31BN2/c1-48(2,3)31-23-29-15-18-34-40-36(19-16-30(24-31)39(29)40)46-44-41(34)35-14-8-11-27-21-22-50(45(27)35)49(44)37-25-28-10-5-7-13-33(28)43-42-32-12-6-4-9-26(32)17-20-38(42)51(46)47(37)43/h4-25H,1-3H3. The maximum absolute atomic E-state index is 2.68. The molecule has 2 aromatic heterocycles. The van der Waals surface area contributed by atoms with Crippen LogP contribution in [0.5, 0.6) is 0 Å². The highest BCUT2D eigenvalue weighted by Gasteiger charge is 2.42. The van der Waals surface area contributed by atoms with Gasteiger partial charge in [0.25, 0.3) is 0 Å². The fraction of sp³-hybridized carbons (Fsp3) is 0.0833. The molecule has 0 atom stereocenters. The van der Waals surface area contributed by atoms with Crippen LogP contribution < -0.4 is 10.9 Å². The van der Waals surface area contributed by atoms with Crippen molar-refractivity contribution in [2.45, 2.75) is 26.2 Å². The van der Waals surface area contributed by atoms with Crippen LogP contribution >= 0.6 is 0 Å². The largest absolute Gasteiger partial charge is 0.382 e. The molecule has 0 fully saturated rings. The summed E-state index contributed by atoms with van der Waals surface area (Å²) in [4.78, 5) is 0. The predicted octanol–water partition coefficient (Wildman–Crippen LogP) is 11.2. The van der Waals surface area contributed by atoms with E-state index in [0.29, 0.717) is 0 Å². The van der Waals surface area contributed by atoms with Crippen LogP contribution in [0.1, 0.15) is 26.3 Å². The van der Waals surface area contributed by atoms with Gasteiger partial charge in [0.15, 0.2) is 0 Å². The second-order valence-electron chi connectivity index (χ2n) is 16.1. The molecule has 0 saturated carbocycles. The summed E-state index contributed by atoms with van der Waals surface area (Å²) in [5.74, 6) is 0. The third-order valence-corrected chi connectivity index (χ3v) is 12.5. The van der Waals surface area contributed by atoms with Gasteiger partial charge in [0.05, 0.1) is 16.7 Å². The summed E-state index contributed by atoms with van der Waals surface area (Å²) in [6.07, 6.45) is 2.35. The number of hydrogen-bond donors (Lipinski definition) is 0. The van der Waals surface area contributed by atoms with Crippen LogP contribution in [0.25, 0.3) is 103 Å². The average molecular weight is 647 g/mol. The number of nitrogens with zero attached hydrogens (tertiary/aromatic N) is 2. The van der Waals surface area contributed by atoms with Gasteiger partial charge in [-0.15, -0.1) is 0 Å². The van der Waals surface area contributed by atoms with E-state index in [1.54, 1.807) is 0 Å². The molecule has 51 heavy (non-hydrogen) atoms. The molecule has 0 radical (unpaired) electrons. The van der Waals surface area contributed by atoms with Gasteiger partial charge >= 0.3 is 6.85 Å². The fourth-order valence-corrected chi connectivity index (χ4v) is 10.4. The molecule has 0 amide bonds. The summed E-state index contributed by atoms with van der Waals surface area (Å²) in [5.41, 5.74) is 12.3. The summed E-state index contributed by atoms with van der Waals surface area (Å²) in [6, 6.07) is 49.0. The monoisotopic (exact) mass is 646 g/mol. The molecule has 3 heteroatoms. The SMILES string of the molecule is CC(C)(C)c1cc2ccc3c4c5c(c6ccc(c1)c2c36)-n1c2ccc3ccccc3c2c2c3ccccc3cc(c21)B5n1ccc2cccc-4c21. The van der Waals surface area contributed by atoms with Crippen LogP contribution in [0.15, 0.2) is 134 Å². The van der Waals surface area contributed by atoms with Crippen molar-refractivity contribution in [2.24, 2.45) is 0 Å². The van der Waals surface area contributed by atoms with Gasteiger partial charge in [-0.05, 0) is 94.3 Å². The molecule has 13 rings (SSSR count). The van der Waals surface area contributed by atoms with E-state index in [9.17, 15) is 0 Å². The number of fused-ring (bicyclic) bond motifs is 13. The zero-order valence-corrected chi connectivity index (χ0v) is 28.7. The average Bonchev–Trinajstić information content (AvgIpc) is 3.74. The van der Waals surface area contributed by atoms with Crippen molar-refractivity contribution < 1.29 is 0 Å². The van der Waals surface area contributed by atoms with E-state index in [4.69, 9.17) is 0 Å². The lowest BCUT2D eigenvalue weighted by Crippen LogP contribution is -2.55. The van der Waals surface area contributed by atoms with Crippen molar-refractivity contribution in [3.05, 3.63) is 139 Å². The highest BCUT2D eigenvalue weighted by molar-refractivity contribution is 6.90. The van der Waals surface area contributed by atoms with Crippen molar-refractivity contribution in [1.29, 1.82) is 0 Å². The maximum Gasteiger partial charge on any atom is 0.332 e. The highest BCUT2D eigenvalue weighted by Crippen LogP contribution is 2.49. The number of hydrogen-bond acceptors (Lipinski definition) is 0. The molecule has 11 aromatic rings. The van der Waals surface area contributed by atoms with E-state index >= 15 is 0 Å². The predicted molar refractivity (Wildman–Crippen MR) is 220 cm³/mol. The van der Waals surface area contributed by atoms with E-state index < -0.39 is 0 Å². The minimum atomic E-state index is 0.0481. The molecule has 2 nitrogen and oxygen atoms in total. The molecular weight excluding hydrogens is 615 g/mol. The lowest BCUT2D eigenvalue weighted by Gasteiger charge is -2.36. The molecule has 0 bridgehead atoms. The molecular formula is C48H31BN2. The first-order valence-corrected chi connectivity index (χ1v) is 18.2. The Balaban J connectivity index is 1.35. The molecule has 236 valence electrons. The Morgan fingerprint density at radius 2 is 1.22 bits per heavy atom. The Morgan fingerprint density at radius 3 is 2.02 bits per heavy atom. The topological polar surface area (TPSA) is 9.86 Å². The second-order valence-corrected chi connectivity index (χ2v) is 16.1. The first-order chi connectivity index (χ1) is 25.0. The molecule has 0 spiro atoms. The normalized spacial score (nSPS) is 13.7. The van der Waals surface area contributed by atoms with E-state index in [1.807, 2.05) is 0 Å². The second kappa shape index (κ2) is 8.62. The van der Waals surface area contributed by atoms with Gasteiger partial charge in [0.1, 0.15) is 0 Å². The highest BCUT2D eigenvalue weighted by atomic mass is 15.0. The van der Waals surface area contributed by atoms with Crippen LogP contribution in [-0.2, 0) is 5.41 Å². The Labute approximate surface area is 294 Å². The Kier molecular flexibility index (Phi) is 4.53. The van der Waals surface area contributed by atoms with Crippen molar-refractivity contribution in [2.75, 3.05) is 0 Å². The van der Waals surface area contributed by atoms with Crippen molar-refractivity contribution >= 4 is 104 Å². The minimum absolute atomic E-state index is 0.0481. The zero-order chi connectivity index (χ0) is 33.5. The number of para-hydroxylation sites is 1. The first-order valence-electron chi connectivity index (χ1n) is 18.2. The summed E-state index contributed by atoms with van der Waals surface area (Å²) < 4.78 is 5.27. The van der Waals surface area contributed by atoms with E-state index in [2.05, 4.69) is 163 Å². The van der Waals surface area contributed by atoms with E-state index in [-0.39, 0.29) is 12.3 Å². The summed E-state index contributed by atoms with van der Waals surface area (Å²) in [6.45, 7) is 7.02. The molecule has 0 saturated heterocycles. The van der Waals surface area contributed by atoms with Gasteiger partial charge < -0.3 is 9.05 Å². The molecule has 0 N–H and O–H groups in total. The van der Waals surface area contributed by atoms with Crippen LogP contribution in [-0.4, -0.2) is 15.9 Å². The summed E-state index contributed by atoms with van der Waals surface area (Å²) >= 11 is 0. The molecule has 2 aliphatic heterocycles. The Hall–Kier alpha value is -6.06. The molecule has 0 unspecified atom stereocenters. The molecule has 9 aromatic carbocycles. The number of rotatable bonds is 0. The fourth-order valence-electron chi connectivity index (χ4n) is 10.4. The number of aromatic nitrogens is 2. The van der Waals surface area contributed by atoms with Gasteiger partial charge in [-0.2, -0.15) is 0 Å². The van der Waals surface area contributed by atoms with E-state index in [0.717, 1.165) is 0 Å². The Bertz CT molecular complexity index is 3390. The lowest BCUT2D eigenvalue weighted by molar-refractivity contribution is 0.591. The maximum atomic E-state index is 2.68. The third kappa shape index (κ3) is 3.02. The van der Waals surface area contributed by atoms with Crippen LogP contribution in [0, 0.1) is 0 Å². The number of benzene rings is 9. The minimum Gasteiger partial charge on any atom is -0.382 e. The summed E-state index contributed by atoms with van der Waals surface area (Å²) in [5, 5.41) is 17.3. The van der Waals surface area contributed by atoms with Crippen molar-refractivity contribution in [1.82, 2.24) is 9.05 Å². The van der Waals surface area contributed by atoms with Crippen LogP contribution in [0.3, 0.4) is 0 Å². The molecule has 0 aliphatic carbocycles. The quantitative estimate of drug-likeness (QED) is 0.115. The molecule has 4 heterocycles. The first kappa shape index (κ1) is 26.8. The third-order valence-electron chi connectivity index (χ3n) is 12.5. The smallest absolute Gasteiger partial charge is 0.332 e. The van der Waals surface area contributed by atoms with Gasteiger partial charge in [0, 0.05) is 32.6 Å². The lowest BCUT2D eigenvalue weighted by atomic mass is 9.45. The molecule has 2 aliphatic rings. The van der Waals surface area contributed by atoms with Gasteiger partial charge in [-0.1, -0.05) is 136 Å². The van der Waals surface area contributed by atoms with Gasteiger partial charge in [-0.25, -0.2) is 0 Å². The Morgan fingerprint density at radius 1 is 0.510 bits per heavy atom. The van der Waals surface area contributed by atoms with Crippen LogP contribution in [0.4, 0.5) is 0 Å². The zero-order valence-electron chi connectivity index (χ0n) is 28.7. The van der Waals surface area contributed by atoms with Crippen LogP contribution in [0.2, 0.25) is 0 Å². The van der Waals surface area contributed by atoms with E-state index in [1.165, 1.54) is 120 Å².